The number of hydrogen-bond donors (Lipinski definition) is 2. The molecule has 0 saturated carbocycles. The largest absolute Gasteiger partial charge is 0.354 e. The lowest BCUT2D eigenvalue weighted by Crippen LogP contribution is -2.50. The Morgan fingerprint density at radius 1 is 1.19 bits per heavy atom. The van der Waals surface area contributed by atoms with E-state index in [4.69, 9.17) is 4.98 Å². The second-order valence-electron chi connectivity index (χ2n) is 9.75. The Bertz CT molecular complexity index is 804. The van der Waals surface area contributed by atoms with E-state index in [1.54, 1.807) is 0 Å². The lowest BCUT2D eigenvalue weighted by atomic mass is 9.90. The molecule has 2 N–H and O–H groups in total. The number of rotatable bonds is 7. The van der Waals surface area contributed by atoms with Gasteiger partial charge in [-0.3, -0.25) is 9.69 Å². The van der Waals surface area contributed by atoms with Gasteiger partial charge in [0, 0.05) is 50.6 Å². The Hall–Kier alpha value is -1.87. The number of fused-ring (bicyclic) bond motifs is 1. The molecule has 9 heteroatoms. The van der Waals surface area contributed by atoms with Crippen LogP contribution in [0, 0.1) is 5.92 Å². The number of piperazine rings is 1. The summed E-state index contributed by atoms with van der Waals surface area (Å²) >= 11 is 0. The van der Waals surface area contributed by atoms with Crippen molar-refractivity contribution < 1.29 is 13.6 Å². The number of hydrogen-bond acceptors (Lipinski definition) is 6. The van der Waals surface area contributed by atoms with Gasteiger partial charge in [0.1, 0.15) is 5.69 Å². The van der Waals surface area contributed by atoms with E-state index in [-0.39, 0.29) is 23.9 Å². The second-order valence-corrected chi connectivity index (χ2v) is 9.75. The molecule has 2 aliphatic heterocycles. The highest BCUT2D eigenvalue weighted by Gasteiger charge is 2.44. The van der Waals surface area contributed by atoms with E-state index in [9.17, 15) is 13.6 Å². The number of nitrogens with zero attached hydrogens (tertiary/aromatic N) is 4. The Morgan fingerprint density at radius 3 is 2.59 bits per heavy atom. The third-order valence-electron chi connectivity index (χ3n) is 6.88. The van der Waals surface area contributed by atoms with Crippen LogP contribution in [0.15, 0.2) is 0 Å². The monoisotopic (exact) mass is 450 g/mol. The SMILES string of the molecule is CC(C)CCNc1nc(C2CCN(CC(=O)N3CCNCC3)CC2)c2c(n1)C(F)(F)CC2. The molecule has 2 fully saturated rings. The van der Waals surface area contributed by atoms with Gasteiger partial charge in [-0.15, -0.1) is 0 Å². The Balaban J connectivity index is 1.42. The molecule has 1 aromatic rings. The van der Waals surface area contributed by atoms with E-state index in [0.717, 1.165) is 64.2 Å². The van der Waals surface area contributed by atoms with E-state index in [1.807, 2.05) is 4.90 Å². The number of carbonyl (C=O) groups is 1. The van der Waals surface area contributed by atoms with E-state index >= 15 is 0 Å². The zero-order chi connectivity index (χ0) is 22.7. The first-order valence-electron chi connectivity index (χ1n) is 12.1. The van der Waals surface area contributed by atoms with Crippen molar-refractivity contribution in [3.63, 3.8) is 0 Å². The Kier molecular flexibility index (Phi) is 7.24. The van der Waals surface area contributed by atoms with Crippen LogP contribution in [0.5, 0.6) is 0 Å². The summed E-state index contributed by atoms with van der Waals surface area (Å²) in [5, 5.41) is 6.44. The van der Waals surface area contributed by atoms with Crippen molar-refractivity contribution in [3.8, 4) is 0 Å². The number of nitrogens with one attached hydrogen (secondary N) is 2. The third kappa shape index (κ3) is 5.36. The summed E-state index contributed by atoms with van der Waals surface area (Å²) in [4.78, 5) is 25.7. The van der Waals surface area contributed by atoms with Crippen LogP contribution in [0.3, 0.4) is 0 Å². The molecule has 32 heavy (non-hydrogen) atoms. The highest BCUT2D eigenvalue weighted by atomic mass is 19.3. The summed E-state index contributed by atoms with van der Waals surface area (Å²) in [6.07, 6.45) is 2.75. The minimum atomic E-state index is -2.88. The standard InChI is InChI=1S/C23H36F2N6O/c1-16(2)4-8-27-22-28-20(18-3-7-23(24,25)21(18)29-22)17-5-11-30(12-6-17)15-19(32)31-13-9-26-10-14-31/h16-17,26H,3-15H2,1-2H3,(H,27,28,29). The molecule has 1 aliphatic carbocycles. The molecule has 1 aromatic heterocycles. The molecule has 0 atom stereocenters. The van der Waals surface area contributed by atoms with Gasteiger partial charge in [-0.05, 0) is 44.7 Å². The number of aromatic nitrogens is 2. The Labute approximate surface area is 189 Å². The molecule has 0 radical (unpaired) electrons. The number of carbonyl (C=O) groups excluding carboxylic acids is 1. The quantitative estimate of drug-likeness (QED) is 0.665. The molecule has 3 aliphatic rings. The molecule has 1 amide bonds. The first-order valence-corrected chi connectivity index (χ1v) is 12.1. The van der Waals surface area contributed by atoms with Crippen molar-refractivity contribution in [3.05, 3.63) is 17.0 Å². The van der Waals surface area contributed by atoms with E-state index in [1.165, 1.54) is 0 Å². The molecule has 0 bridgehead atoms. The zero-order valence-corrected chi connectivity index (χ0v) is 19.3. The van der Waals surface area contributed by atoms with E-state index in [2.05, 4.69) is 34.4 Å². The van der Waals surface area contributed by atoms with Gasteiger partial charge in [-0.25, -0.2) is 9.97 Å². The number of alkyl halides is 2. The van der Waals surface area contributed by atoms with E-state index in [0.29, 0.717) is 36.9 Å². The predicted molar refractivity (Wildman–Crippen MR) is 120 cm³/mol. The molecular weight excluding hydrogens is 414 g/mol. The molecule has 0 spiro atoms. The fraction of sp³-hybridized carbons (Fsp3) is 0.783. The van der Waals surface area contributed by atoms with Crippen LogP contribution in [0.4, 0.5) is 14.7 Å². The number of halogens is 2. The summed E-state index contributed by atoms with van der Waals surface area (Å²) in [7, 11) is 0. The maximum Gasteiger partial charge on any atom is 0.290 e. The minimum Gasteiger partial charge on any atom is -0.354 e. The smallest absolute Gasteiger partial charge is 0.290 e. The highest BCUT2D eigenvalue weighted by Crippen LogP contribution is 2.44. The van der Waals surface area contributed by atoms with Crippen LogP contribution in [0.25, 0.3) is 0 Å². The topological polar surface area (TPSA) is 73.4 Å². The van der Waals surface area contributed by atoms with Gasteiger partial charge >= 0.3 is 0 Å². The molecule has 178 valence electrons. The van der Waals surface area contributed by atoms with Crippen molar-refractivity contribution in [1.82, 2.24) is 25.1 Å². The summed E-state index contributed by atoms with van der Waals surface area (Å²) < 4.78 is 29.0. The predicted octanol–water partition coefficient (Wildman–Crippen LogP) is 2.58. The molecule has 4 rings (SSSR count). The lowest BCUT2D eigenvalue weighted by Gasteiger charge is -2.34. The summed E-state index contributed by atoms with van der Waals surface area (Å²) in [6.45, 7) is 10.2. The lowest BCUT2D eigenvalue weighted by molar-refractivity contribution is -0.133. The summed E-state index contributed by atoms with van der Waals surface area (Å²) in [5.41, 5.74) is 1.37. The fourth-order valence-corrected chi connectivity index (χ4v) is 4.91. The van der Waals surface area contributed by atoms with Gasteiger partial charge in [-0.1, -0.05) is 13.8 Å². The summed E-state index contributed by atoms with van der Waals surface area (Å²) in [6, 6.07) is 0. The number of amides is 1. The third-order valence-corrected chi connectivity index (χ3v) is 6.88. The maximum atomic E-state index is 14.5. The second kappa shape index (κ2) is 9.95. The van der Waals surface area contributed by atoms with Crippen LogP contribution in [0.2, 0.25) is 0 Å². The van der Waals surface area contributed by atoms with Crippen molar-refractivity contribution in [1.29, 1.82) is 0 Å². The first kappa shape index (κ1) is 23.3. The van der Waals surface area contributed by atoms with Crippen molar-refractivity contribution in [2.75, 3.05) is 57.7 Å². The van der Waals surface area contributed by atoms with E-state index < -0.39 is 5.92 Å². The van der Waals surface area contributed by atoms with Gasteiger partial charge in [0.05, 0.1) is 12.2 Å². The summed E-state index contributed by atoms with van der Waals surface area (Å²) in [5.74, 6) is -1.71. The van der Waals surface area contributed by atoms with Crippen molar-refractivity contribution >= 4 is 11.9 Å². The first-order chi connectivity index (χ1) is 15.3. The van der Waals surface area contributed by atoms with Gasteiger partial charge in [-0.2, -0.15) is 8.78 Å². The average Bonchev–Trinajstić information content (AvgIpc) is 3.09. The molecule has 2 saturated heterocycles. The zero-order valence-electron chi connectivity index (χ0n) is 19.3. The Morgan fingerprint density at radius 2 is 1.91 bits per heavy atom. The molecular formula is C23H36F2N6O. The normalized spacial score (nSPS) is 21.7. The van der Waals surface area contributed by atoms with Gasteiger partial charge < -0.3 is 15.5 Å². The van der Waals surface area contributed by atoms with Crippen LogP contribution in [-0.2, 0) is 17.1 Å². The van der Waals surface area contributed by atoms with Crippen LogP contribution >= 0.6 is 0 Å². The molecule has 0 unspecified atom stereocenters. The maximum absolute atomic E-state index is 14.5. The minimum absolute atomic E-state index is 0.0779. The highest BCUT2D eigenvalue weighted by molar-refractivity contribution is 5.78. The number of likely N-dealkylation sites (tertiary alicyclic amines) is 1. The van der Waals surface area contributed by atoms with Crippen LogP contribution < -0.4 is 10.6 Å². The van der Waals surface area contributed by atoms with Crippen LogP contribution in [0.1, 0.15) is 62.4 Å². The van der Waals surface area contributed by atoms with Gasteiger partial charge in [0.25, 0.3) is 5.92 Å². The fourth-order valence-electron chi connectivity index (χ4n) is 4.91. The molecule has 7 nitrogen and oxygen atoms in total. The van der Waals surface area contributed by atoms with Gasteiger partial charge in [0.15, 0.2) is 0 Å². The van der Waals surface area contributed by atoms with Crippen molar-refractivity contribution in [2.45, 2.75) is 57.8 Å². The average molecular weight is 451 g/mol. The van der Waals surface area contributed by atoms with Crippen molar-refractivity contribution in [2.24, 2.45) is 5.92 Å². The molecule has 3 heterocycles. The van der Waals surface area contributed by atoms with Gasteiger partial charge in [0.2, 0.25) is 11.9 Å². The van der Waals surface area contributed by atoms with Crippen LogP contribution in [-0.4, -0.2) is 78.0 Å². The number of piperidine rings is 1. The molecule has 0 aromatic carbocycles. The number of anilines is 1.